The molecule has 2 aromatic carbocycles. The number of hydrogen-bond donors (Lipinski definition) is 1. The van der Waals surface area contributed by atoms with Crippen LogP contribution in [0.5, 0.6) is 0 Å². The molecule has 3 aromatic rings. The molecule has 0 aliphatic heterocycles. The van der Waals surface area contributed by atoms with Crippen molar-refractivity contribution in [2.75, 3.05) is 5.32 Å². The first-order valence-electron chi connectivity index (χ1n) is 7.66. The van der Waals surface area contributed by atoms with Crippen molar-refractivity contribution >= 4 is 22.7 Å². The normalized spacial score (nSPS) is 10.6. The molecule has 0 aliphatic carbocycles. The van der Waals surface area contributed by atoms with Crippen LogP contribution in [0.3, 0.4) is 0 Å². The largest absolute Gasteiger partial charge is 0.618 e. The number of ether oxygens (including phenoxy) is 1. The maximum Gasteiger partial charge on any atom is 0.412 e. The van der Waals surface area contributed by atoms with Crippen LogP contribution >= 0.6 is 0 Å². The molecular formula is C19H18N2O3. The van der Waals surface area contributed by atoms with Crippen LogP contribution in [0.15, 0.2) is 54.6 Å². The van der Waals surface area contributed by atoms with E-state index >= 15 is 0 Å². The average Bonchev–Trinajstić information content (AvgIpc) is 2.57. The number of nitrogens with zero attached hydrogens (tertiary/aromatic N) is 1. The fourth-order valence-corrected chi connectivity index (χ4v) is 2.58. The van der Waals surface area contributed by atoms with Crippen LogP contribution in [0, 0.1) is 19.1 Å². The maximum absolute atomic E-state index is 12.3. The molecule has 1 heterocycles. The Morgan fingerprint density at radius 3 is 2.62 bits per heavy atom. The second kappa shape index (κ2) is 6.58. The number of amides is 1. The quantitative estimate of drug-likeness (QED) is 0.588. The van der Waals surface area contributed by atoms with Crippen LogP contribution in [0.4, 0.5) is 10.5 Å². The predicted molar refractivity (Wildman–Crippen MR) is 92.6 cm³/mol. The summed E-state index contributed by atoms with van der Waals surface area (Å²) in [6, 6.07) is 16.7. The summed E-state index contributed by atoms with van der Waals surface area (Å²) in [6.07, 6.45) is -0.591. The lowest BCUT2D eigenvalue weighted by atomic mass is 10.1. The third-order valence-electron chi connectivity index (χ3n) is 3.76. The third kappa shape index (κ3) is 3.30. The molecule has 0 unspecified atom stereocenters. The minimum Gasteiger partial charge on any atom is -0.618 e. The fraction of sp³-hybridized carbons (Fsp3) is 0.158. The van der Waals surface area contributed by atoms with Crippen molar-refractivity contribution in [3.8, 4) is 0 Å². The number of hydrogen-bond acceptors (Lipinski definition) is 3. The van der Waals surface area contributed by atoms with Gasteiger partial charge in [-0.25, -0.2) is 4.79 Å². The van der Waals surface area contributed by atoms with E-state index < -0.39 is 6.09 Å². The molecule has 0 atom stereocenters. The number of aryl methyl sites for hydroxylation is 2. The summed E-state index contributed by atoms with van der Waals surface area (Å²) in [5, 5.41) is 15.8. The summed E-state index contributed by atoms with van der Waals surface area (Å²) in [6.45, 7) is 3.81. The van der Waals surface area contributed by atoms with Crippen LogP contribution in [0.25, 0.3) is 10.9 Å². The lowest BCUT2D eigenvalue weighted by molar-refractivity contribution is -0.583. The zero-order valence-corrected chi connectivity index (χ0v) is 13.6. The Kier molecular flexibility index (Phi) is 4.33. The number of aromatic nitrogens is 1. The number of carbonyl (C=O) groups excluding carboxylic acids is 1. The molecule has 1 aromatic heterocycles. The van der Waals surface area contributed by atoms with E-state index in [2.05, 4.69) is 5.32 Å². The Morgan fingerprint density at radius 2 is 1.88 bits per heavy atom. The van der Waals surface area contributed by atoms with E-state index in [-0.39, 0.29) is 6.61 Å². The molecule has 0 saturated carbocycles. The van der Waals surface area contributed by atoms with E-state index in [9.17, 15) is 10.0 Å². The van der Waals surface area contributed by atoms with Gasteiger partial charge in [-0.3, -0.25) is 5.32 Å². The van der Waals surface area contributed by atoms with Gasteiger partial charge < -0.3 is 9.94 Å². The van der Waals surface area contributed by atoms with Gasteiger partial charge in [0.15, 0.2) is 5.69 Å². The molecule has 0 fully saturated rings. The van der Waals surface area contributed by atoms with Gasteiger partial charge in [0.1, 0.15) is 12.3 Å². The van der Waals surface area contributed by atoms with Crippen LogP contribution in [0.2, 0.25) is 0 Å². The zero-order valence-electron chi connectivity index (χ0n) is 13.6. The van der Waals surface area contributed by atoms with Crippen molar-refractivity contribution in [2.24, 2.45) is 0 Å². The van der Waals surface area contributed by atoms with Gasteiger partial charge in [0.25, 0.3) is 0 Å². The van der Waals surface area contributed by atoms with Crippen LogP contribution < -0.4 is 10.0 Å². The molecule has 0 spiro atoms. The van der Waals surface area contributed by atoms with Crippen LogP contribution in [0.1, 0.15) is 16.8 Å². The molecule has 0 aliphatic rings. The van der Waals surface area contributed by atoms with E-state index in [4.69, 9.17) is 4.74 Å². The highest BCUT2D eigenvalue weighted by atomic mass is 16.5. The molecule has 0 saturated heterocycles. The summed E-state index contributed by atoms with van der Waals surface area (Å²) in [7, 11) is 0. The smallest absolute Gasteiger partial charge is 0.412 e. The van der Waals surface area contributed by atoms with Crippen LogP contribution in [-0.4, -0.2) is 6.09 Å². The van der Waals surface area contributed by atoms with Crippen molar-refractivity contribution < 1.29 is 14.3 Å². The minimum atomic E-state index is -0.591. The number of nitrogens with one attached hydrogen (secondary N) is 1. The van der Waals surface area contributed by atoms with Gasteiger partial charge in [-0.15, -0.1) is 0 Å². The van der Waals surface area contributed by atoms with Gasteiger partial charge in [-0.2, -0.15) is 4.73 Å². The number of pyridine rings is 1. The van der Waals surface area contributed by atoms with E-state index in [1.54, 1.807) is 19.1 Å². The first-order chi connectivity index (χ1) is 11.5. The first-order valence-corrected chi connectivity index (χ1v) is 7.66. The van der Waals surface area contributed by atoms with Crippen LogP contribution in [-0.2, 0) is 11.3 Å². The Bertz CT molecular complexity index is 892. The van der Waals surface area contributed by atoms with E-state index in [0.29, 0.717) is 16.9 Å². The topological polar surface area (TPSA) is 65.3 Å². The Morgan fingerprint density at radius 1 is 1.12 bits per heavy atom. The number of rotatable bonds is 3. The Balaban J connectivity index is 1.84. The summed E-state index contributed by atoms with van der Waals surface area (Å²) >= 11 is 0. The zero-order chi connectivity index (χ0) is 17.1. The predicted octanol–water partition coefficient (Wildman–Crippen LogP) is 3.84. The SMILES string of the molecule is Cc1cc(NC(=O)OCc2ccccc2)c2c(ccc(C)[n+]2[O-])c1. The lowest BCUT2D eigenvalue weighted by Gasteiger charge is -2.12. The molecule has 122 valence electrons. The summed E-state index contributed by atoms with van der Waals surface area (Å²) < 4.78 is 6.05. The highest BCUT2D eigenvalue weighted by Crippen LogP contribution is 2.23. The molecule has 1 amide bonds. The number of fused-ring (bicyclic) bond motifs is 1. The molecule has 5 nitrogen and oxygen atoms in total. The van der Waals surface area contributed by atoms with Crippen molar-refractivity contribution in [1.82, 2.24) is 0 Å². The van der Waals surface area contributed by atoms with Crippen molar-refractivity contribution in [2.45, 2.75) is 20.5 Å². The summed E-state index contributed by atoms with van der Waals surface area (Å²) in [5.41, 5.74) is 3.28. The summed E-state index contributed by atoms with van der Waals surface area (Å²) in [5.74, 6) is 0. The van der Waals surface area contributed by atoms with Gasteiger partial charge >= 0.3 is 6.09 Å². The number of benzene rings is 2. The molecule has 0 bridgehead atoms. The second-order valence-corrected chi connectivity index (χ2v) is 5.71. The summed E-state index contributed by atoms with van der Waals surface area (Å²) in [4.78, 5) is 12.1. The number of anilines is 1. The molecule has 5 heteroatoms. The van der Waals surface area contributed by atoms with Crippen molar-refractivity contribution in [3.63, 3.8) is 0 Å². The Labute approximate surface area is 140 Å². The maximum atomic E-state index is 12.3. The third-order valence-corrected chi connectivity index (χ3v) is 3.76. The van der Waals surface area contributed by atoms with Gasteiger partial charge in [0.2, 0.25) is 5.52 Å². The first kappa shape index (κ1) is 15.8. The Hall–Kier alpha value is -3.08. The second-order valence-electron chi connectivity index (χ2n) is 5.71. The lowest BCUT2D eigenvalue weighted by Crippen LogP contribution is -2.32. The average molecular weight is 322 g/mol. The number of carbonyl (C=O) groups is 1. The monoisotopic (exact) mass is 322 g/mol. The minimum absolute atomic E-state index is 0.173. The van der Waals surface area contributed by atoms with Gasteiger partial charge in [0.05, 0.1) is 5.39 Å². The standard InChI is InChI=1S/C19H18N2O3/c1-13-10-16-9-8-14(2)21(23)18(16)17(11-13)20-19(22)24-12-15-6-4-3-5-7-15/h3-11H,12H2,1-2H3,(H,20,22). The molecule has 1 N–H and O–H groups in total. The van der Waals surface area contributed by atoms with Crippen molar-refractivity contribution in [1.29, 1.82) is 0 Å². The van der Waals surface area contributed by atoms with Crippen molar-refractivity contribution in [3.05, 3.63) is 76.6 Å². The highest BCUT2D eigenvalue weighted by Gasteiger charge is 2.16. The van der Waals surface area contributed by atoms with Gasteiger partial charge in [0, 0.05) is 13.0 Å². The molecule has 24 heavy (non-hydrogen) atoms. The van der Waals surface area contributed by atoms with Gasteiger partial charge in [-0.05, 0) is 36.2 Å². The van der Waals surface area contributed by atoms with E-state index in [1.807, 2.05) is 49.4 Å². The van der Waals surface area contributed by atoms with E-state index in [0.717, 1.165) is 21.2 Å². The fourth-order valence-electron chi connectivity index (χ4n) is 2.58. The van der Waals surface area contributed by atoms with E-state index in [1.165, 1.54) is 0 Å². The highest BCUT2D eigenvalue weighted by molar-refractivity contribution is 5.96. The molecule has 3 rings (SSSR count). The van der Waals surface area contributed by atoms with Gasteiger partial charge in [-0.1, -0.05) is 30.3 Å². The molecule has 0 radical (unpaired) electrons. The molecular weight excluding hydrogens is 304 g/mol.